The van der Waals surface area contributed by atoms with Crippen LogP contribution in [-0.2, 0) is 0 Å². The van der Waals surface area contributed by atoms with Crippen LogP contribution < -0.4 is 4.74 Å². The number of halogens is 1. The van der Waals surface area contributed by atoms with Crippen LogP contribution in [0.2, 0.25) is 0 Å². The van der Waals surface area contributed by atoms with Gasteiger partial charge in [0.15, 0.2) is 0 Å². The van der Waals surface area contributed by atoms with E-state index in [-0.39, 0.29) is 23.2 Å². The highest BCUT2D eigenvalue weighted by Gasteiger charge is 2.15. The molecule has 2 rings (SSSR count). The molecule has 110 valence electrons. The van der Waals surface area contributed by atoms with Gasteiger partial charge >= 0.3 is 12.0 Å². The molecular weight excluding hydrogens is 336 g/mol. The van der Waals surface area contributed by atoms with Gasteiger partial charge in [0.2, 0.25) is 0 Å². The Labute approximate surface area is 131 Å². The predicted molar refractivity (Wildman–Crippen MR) is 82.0 cm³/mol. The molecule has 0 aliphatic rings. The molecule has 0 bridgehead atoms. The number of benzene rings is 1. The largest absolute Gasteiger partial charge is 0.478 e. The average molecular weight is 351 g/mol. The summed E-state index contributed by atoms with van der Waals surface area (Å²) in [5, 5.41) is 9.22. The lowest BCUT2D eigenvalue weighted by Gasteiger charge is -2.11. The predicted octanol–water partition coefficient (Wildman–Crippen LogP) is 4.16. The second-order valence-electron chi connectivity index (χ2n) is 4.92. The Morgan fingerprint density at radius 2 is 2.00 bits per heavy atom. The minimum Gasteiger partial charge on any atom is -0.478 e. The Balaban J connectivity index is 2.41. The molecule has 0 fully saturated rings. The summed E-state index contributed by atoms with van der Waals surface area (Å²) in [5.41, 5.74) is 1.68. The Hall–Kier alpha value is -1.95. The summed E-state index contributed by atoms with van der Waals surface area (Å²) in [6.07, 6.45) is 0. The number of aryl methyl sites for hydroxylation is 1. The van der Waals surface area contributed by atoms with Gasteiger partial charge < -0.3 is 9.84 Å². The Morgan fingerprint density at radius 1 is 1.29 bits per heavy atom. The van der Waals surface area contributed by atoms with Crippen LogP contribution in [-0.4, -0.2) is 21.0 Å². The van der Waals surface area contributed by atoms with Crippen molar-refractivity contribution in [2.24, 2.45) is 0 Å². The molecule has 0 spiro atoms. The number of ether oxygens (including phenoxy) is 1. The van der Waals surface area contributed by atoms with E-state index in [1.54, 1.807) is 12.1 Å². The third-order valence-corrected chi connectivity index (χ3v) is 3.31. The van der Waals surface area contributed by atoms with Gasteiger partial charge in [-0.3, -0.25) is 0 Å². The summed E-state index contributed by atoms with van der Waals surface area (Å²) in [6, 6.07) is 6.81. The highest BCUT2D eigenvalue weighted by molar-refractivity contribution is 9.10. The van der Waals surface area contributed by atoms with E-state index >= 15 is 0 Å². The SMILES string of the molecule is Cc1cc(C(C)C)nc(Oc2ccc(Br)cc2C(=O)O)n1. The van der Waals surface area contributed by atoms with Crippen LogP contribution in [0.3, 0.4) is 0 Å². The summed E-state index contributed by atoms with van der Waals surface area (Å²) in [5.74, 6) is -0.619. The lowest BCUT2D eigenvalue weighted by Crippen LogP contribution is -2.04. The monoisotopic (exact) mass is 350 g/mol. The summed E-state index contributed by atoms with van der Waals surface area (Å²) in [7, 11) is 0. The van der Waals surface area contributed by atoms with E-state index in [2.05, 4.69) is 25.9 Å². The smallest absolute Gasteiger partial charge is 0.339 e. The van der Waals surface area contributed by atoms with Crippen molar-refractivity contribution in [3.8, 4) is 11.8 Å². The lowest BCUT2D eigenvalue weighted by molar-refractivity contribution is 0.0694. The van der Waals surface area contributed by atoms with Crippen LogP contribution in [0.25, 0.3) is 0 Å². The fourth-order valence-corrected chi connectivity index (χ4v) is 2.12. The van der Waals surface area contributed by atoms with Gasteiger partial charge in [0, 0.05) is 10.2 Å². The number of nitrogens with zero attached hydrogens (tertiary/aromatic N) is 2. The molecule has 2 aromatic rings. The molecule has 21 heavy (non-hydrogen) atoms. The van der Waals surface area contributed by atoms with E-state index in [9.17, 15) is 9.90 Å². The molecule has 0 aliphatic heterocycles. The lowest BCUT2D eigenvalue weighted by atomic mass is 10.1. The summed E-state index contributed by atoms with van der Waals surface area (Å²) < 4.78 is 6.24. The Bertz CT molecular complexity index is 687. The minimum absolute atomic E-state index is 0.0561. The second-order valence-corrected chi connectivity index (χ2v) is 5.83. The van der Waals surface area contributed by atoms with Crippen molar-refractivity contribution in [2.75, 3.05) is 0 Å². The minimum atomic E-state index is -1.07. The summed E-state index contributed by atoms with van der Waals surface area (Å²) in [4.78, 5) is 19.8. The molecule has 1 aromatic carbocycles. The second kappa shape index (κ2) is 6.22. The van der Waals surface area contributed by atoms with Crippen molar-refractivity contribution in [3.05, 3.63) is 45.7 Å². The average Bonchev–Trinajstić information content (AvgIpc) is 2.40. The number of carboxylic acids is 1. The van der Waals surface area contributed by atoms with Gasteiger partial charge in [-0.1, -0.05) is 29.8 Å². The molecule has 0 saturated heterocycles. The highest BCUT2D eigenvalue weighted by Crippen LogP contribution is 2.27. The molecule has 0 unspecified atom stereocenters. The van der Waals surface area contributed by atoms with E-state index in [0.717, 1.165) is 11.4 Å². The van der Waals surface area contributed by atoms with Crippen molar-refractivity contribution in [2.45, 2.75) is 26.7 Å². The maximum absolute atomic E-state index is 11.3. The molecule has 6 heteroatoms. The van der Waals surface area contributed by atoms with E-state index in [4.69, 9.17) is 4.74 Å². The first-order chi connectivity index (χ1) is 9.86. The number of carbonyl (C=O) groups is 1. The first-order valence-electron chi connectivity index (χ1n) is 6.43. The maximum atomic E-state index is 11.3. The van der Waals surface area contributed by atoms with Crippen molar-refractivity contribution >= 4 is 21.9 Å². The van der Waals surface area contributed by atoms with Crippen LogP contribution in [0.1, 0.15) is 41.5 Å². The van der Waals surface area contributed by atoms with Gasteiger partial charge in [0.1, 0.15) is 11.3 Å². The first-order valence-corrected chi connectivity index (χ1v) is 7.22. The third-order valence-electron chi connectivity index (χ3n) is 2.82. The van der Waals surface area contributed by atoms with Crippen molar-refractivity contribution in [1.82, 2.24) is 9.97 Å². The summed E-state index contributed by atoms with van der Waals surface area (Å²) in [6.45, 7) is 5.89. The van der Waals surface area contributed by atoms with E-state index in [0.29, 0.717) is 4.47 Å². The van der Waals surface area contributed by atoms with E-state index < -0.39 is 5.97 Å². The quantitative estimate of drug-likeness (QED) is 0.895. The zero-order valence-electron chi connectivity index (χ0n) is 11.9. The molecular formula is C15H15BrN2O3. The zero-order chi connectivity index (χ0) is 15.6. The maximum Gasteiger partial charge on any atom is 0.339 e. The highest BCUT2D eigenvalue weighted by atomic mass is 79.9. The van der Waals surface area contributed by atoms with E-state index in [1.807, 2.05) is 26.8 Å². The number of rotatable bonds is 4. The molecule has 1 aromatic heterocycles. The van der Waals surface area contributed by atoms with Crippen LogP contribution in [0.15, 0.2) is 28.7 Å². The molecule has 0 atom stereocenters. The summed E-state index contributed by atoms with van der Waals surface area (Å²) >= 11 is 3.24. The number of hydrogen-bond acceptors (Lipinski definition) is 4. The fraction of sp³-hybridized carbons (Fsp3) is 0.267. The van der Waals surface area contributed by atoms with Gasteiger partial charge in [-0.2, -0.15) is 4.98 Å². The standard InChI is InChI=1S/C15H15BrN2O3/c1-8(2)12-6-9(3)17-15(18-12)21-13-5-4-10(16)7-11(13)14(19)20/h4-8H,1-3H3,(H,19,20). The molecule has 0 saturated carbocycles. The Kier molecular flexibility index (Phi) is 4.57. The molecule has 5 nitrogen and oxygen atoms in total. The molecule has 0 aliphatic carbocycles. The zero-order valence-corrected chi connectivity index (χ0v) is 13.5. The topological polar surface area (TPSA) is 72.3 Å². The van der Waals surface area contributed by atoms with Gasteiger partial charge in [0.25, 0.3) is 0 Å². The number of aromatic carboxylic acids is 1. The van der Waals surface area contributed by atoms with Gasteiger partial charge in [-0.15, -0.1) is 0 Å². The van der Waals surface area contributed by atoms with Crippen LogP contribution in [0.5, 0.6) is 11.8 Å². The van der Waals surface area contributed by atoms with Crippen molar-refractivity contribution < 1.29 is 14.6 Å². The third kappa shape index (κ3) is 3.78. The number of carboxylic acid groups (broad SMARTS) is 1. The fourth-order valence-electron chi connectivity index (χ4n) is 1.76. The van der Waals surface area contributed by atoms with Crippen LogP contribution in [0, 0.1) is 6.92 Å². The van der Waals surface area contributed by atoms with Gasteiger partial charge in [0.05, 0.1) is 5.69 Å². The normalized spacial score (nSPS) is 10.7. The van der Waals surface area contributed by atoms with Gasteiger partial charge in [-0.05, 0) is 37.1 Å². The number of aromatic nitrogens is 2. The van der Waals surface area contributed by atoms with Crippen molar-refractivity contribution in [1.29, 1.82) is 0 Å². The van der Waals surface area contributed by atoms with Gasteiger partial charge in [-0.25, -0.2) is 9.78 Å². The number of hydrogen-bond donors (Lipinski definition) is 1. The molecule has 1 heterocycles. The van der Waals surface area contributed by atoms with Crippen LogP contribution in [0.4, 0.5) is 0 Å². The Morgan fingerprint density at radius 3 is 2.62 bits per heavy atom. The molecule has 1 N–H and O–H groups in total. The first kappa shape index (κ1) is 15.4. The van der Waals surface area contributed by atoms with Crippen LogP contribution >= 0.6 is 15.9 Å². The molecule has 0 radical (unpaired) electrons. The van der Waals surface area contributed by atoms with E-state index in [1.165, 1.54) is 6.07 Å². The molecule has 0 amide bonds. The van der Waals surface area contributed by atoms with Crippen molar-refractivity contribution in [3.63, 3.8) is 0 Å².